The van der Waals surface area contributed by atoms with Crippen molar-refractivity contribution in [3.8, 4) is 11.1 Å². The smallest absolute Gasteiger partial charge is 0.163 e. The van der Waals surface area contributed by atoms with Gasteiger partial charge in [0, 0.05) is 16.5 Å². The normalized spacial score (nSPS) is 23.5. The monoisotopic (exact) mass is 365 g/mol. The van der Waals surface area contributed by atoms with Gasteiger partial charge in [-0.05, 0) is 36.1 Å². The van der Waals surface area contributed by atoms with Gasteiger partial charge in [0.2, 0.25) is 0 Å². The molecule has 0 aromatic heterocycles. The van der Waals surface area contributed by atoms with E-state index < -0.39 is 0 Å². The Morgan fingerprint density at radius 3 is 2.39 bits per heavy atom. The number of fused-ring (bicyclic) bond motifs is 3. The molecule has 3 aromatic rings. The third-order valence-corrected chi connectivity index (χ3v) is 6.92. The summed E-state index contributed by atoms with van der Waals surface area (Å²) in [5.74, 6) is 1.08. The van der Waals surface area contributed by atoms with Crippen LogP contribution in [0.4, 0.5) is 11.4 Å². The maximum atomic E-state index is 5.23. The van der Waals surface area contributed by atoms with Gasteiger partial charge in [0.05, 0.1) is 11.4 Å². The molecule has 138 valence electrons. The average molecular weight is 365 g/mol. The van der Waals surface area contributed by atoms with Crippen LogP contribution >= 0.6 is 0 Å². The topological polar surface area (TPSA) is 18.8 Å². The standard InChI is InChI=1S/C25H23N3/c1-4-25(3)20-14-9-13-18-17-11-6-7-12-19(17)23-26-28(24(25)27(23)22(18)20)21-15-8-5-10-16(21)2/h5-15,24H,4H2,1-3H3. The molecule has 3 heterocycles. The van der Waals surface area contributed by atoms with E-state index in [0.717, 1.165) is 12.3 Å². The van der Waals surface area contributed by atoms with E-state index >= 15 is 0 Å². The van der Waals surface area contributed by atoms with E-state index in [1.54, 1.807) is 0 Å². The van der Waals surface area contributed by atoms with Gasteiger partial charge in [0.15, 0.2) is 5.84 Å². The lowest BCUT2D eigenvalue weighted by Gasteiger charge is -2.37. The predicted molar refractivity (Wildman–Crippen MR) is 116 cm³/mol. The van der Waals surface area contributed by atoms with Gasteiger partial charge in [-0.15, -0.1) is 0 Å². The van der Waals surface area contributed by atoms with Gasteiger partial charge in [-0.3, -0.25) is 4.90 Å². The van der Waals surface area contributed by atoms with Crippen molar-refractivity contribution >= 4 is 17.2 Å². The van der Waals surface area contributed by atoms with Crippen molar-refractivity contribution in [2.75, 3.05) is 9.91 Å². The lowest BCUT2D eigenvalue weighted by atomic mass is 9.78. The molecule has 6 rings (SSSR count). The maximum Gasteiger partial charge on any atom is 0.163 e. The molecule has 0 radical (unpaired) electrons. The molecule has 3 heteroatoms. The Bertz CT molecular complexity index is 1160. The first-order valence-corrected chi connectivity index (χ1v) is 10.1. The fourth-order valence-electron chi connectivity index (χ4n) is 5.31. The van der Waals surface area contributed by atoms with Crippen molar-refractivity contribution < 1.29 is 0 Å². The summed E-state index contributed by atoms with van der Waals surface area (Å²) < 4.78 is 0. The summed E-state index contributed by atoms with van der Waals surface area (Å²) in [5, 5.41) is 7.50. The summed E-state index contributed by atoms with van der Waals surface area (Å²) in [6, 6.07) is 24.1. The number of rotatable bonds is 2. The molecule has 3 aliphatic heterocycles. The Balaban J connectivity index is 1.70. The summed E-state index contributed by atoms with van der Waals surface area (Å²) in [6.07, 6.45) is 1.23. The number of amidine groups is 1. The van der Waals surface area contributed by atoms with Crippen LogP contribution in [0.15, 0.2) is 71.8 Å². The van der Waals surface area contributed by atoms with Gasteiger partial charge in [-0.25, -0.2) is 5.01 Å². The zero-order valence-corrected chi connectivity index (χ0v) is 16.5. The molecular weight excluding hydrogens is 342 g/mol. The fourth-order valence-corrected chi connectivity index (χ4v) is 5.31. The van der Waals surface area contributed by atoms with Crippen LogP contribution in [0.5, 0.6) is 0 Å². The Labute approximate surface area is 165 Å². The zero-order valence-electron chi connectivity index (χ0n) is 16.5. The number of benzene rings is 3. The number of nitrogens with zero attached hydrogens (tertiary/aromatic N) is 3. The van der Waals surface area contributed by atoms with E-state index in [0.29, 0.717) is 0 Å². The quantitative estimate of drug-likeness (QED) is 0.582. The molecule has 2 unspecified atom stereocenters. The highest BCUT2D eigenvalue weighted by Crippen LogP contribution is 2.57. The first kappa shape index (κ1) is 15.9. The number of hydrazone groups is 1. The highest BCUT2D eigenvalue weighted by atomic mass is 15.6. The van der Waals surface area contributed by atoms with Crippen molar-refractivity contribution in [3.05, 3.63) is 83.4 Å². The third-order valence-electron chi connectivity index (χ3n) is 6.92. The molecule has 3 aromatic carbocycles. The summed E-state index contributed by atoms with van der Waals surface area (Å²) in [6.45, 7) is 6.89. The molecule has 0 amide bonds. The second kappa shape index (κ2) is 5.26. The molecule has 3 aliphatic rings. The molecule has 28 heavy (non-hydrogen) atoms. The molecule has 0 saturated carbocycles. The SMILES string of the molecule is CCC1(C)c2cccc3c2N2C(=NN(c4ccccc4C)C21)c1ccccc1-3. The number of hydrogen-bond acceptors (Lipinski definition) is 3. The van der Waals surface area contributed by atoms with E-state index in [4.69, 9.17) is 5.10 Å². The molecule has 0 N–H and O–H groups in total. The van der Waals surface area contributed by atoms with Gasteiger partial charge >= 0.3 is 0 Å². The Morgan fingerprint density at radius 2 is 1.61 bits per heavy atom. The van der Waals surface area contributed by atoms with Gasteiger partial charge in [0.25, 0.3) is 0 Å². The molecule has 3 nitrogen and oxygen atoms in total. The molecular formula is C25H23N3. The molecule has 0 saturated heterocycles. The molecule has 0 aliphatic carbocycles. The predicted octanol–water partition coefficient (Wildman–Crippen LogP) is 5.67. The number of hydrogen-bond donors (Lipinski definition) is 0. The fraction of sp³-hybridized carbons (Fsp3) is 0.240. The summed E-state index contributed by atoms with van der Waals surface area (Å²) in [5.41, 5.74) is 9.11. The van der Waals surface area contributed by atoms with Crippen LogP contribution in [0, 0.1) is 6.92 Å². The number of aryl methyl sites for hydroxylation is 1. The van der Waals surface area contributed by atoms with Gasteiger partial charge in [-0.1, -0.05) is 74.5 Å². The second-order valence-electron chi connectivity index (χ2n) is 8.32. The molecule has 0 bridgehead atoms. The third kappa shape index (κ3) is 1.73. The van der Waals surface area contributed by atoms with Crippen molar-refractivity contribution in [1.82, 2.24) is 0 Å². The summed E-state index contributed by atoms with van der Waals surface area (Å²) >= 11 is 0. The Kier molecular flexibility index (Phi) is 2.99. The van der Waals surface area contributed by atoms with Crippen LogP contribution in [0.1, 0.15) is 37.0 Å². The molecule has 2 atom stereocenters. The highest BCUT2D eigenvalue weighted by molar-refractivity contribution is 6.22. The van der Waals surface area contributed by atoms with Crippen molar-refractivity contribution in [1.29, 1.82) is 0 Å². The minimum absolute atomic E-state index is 0.000910. The van der Waals surface area contributed by atoms with Crippen LogP contribution in [0.2, 0.25) is 0 Å². The first-order valence-electron chi connectivity index (χ1n) is 10.1. The van der Waals surface area contributed by atoms with Crippen LogP contribution in [-0.2, 0) is 5.41 Å². The van der Waals surface area contributed by atoms with Gasteiger partial charge in [0.1, 0.15) is 6.17 Å². The average Bonchev–Trinajstić information content (AvgIpc) is 3.25. The zero-order chi connectivity index (χ0) is 19.0. The highest BCUT2D eigenvalue weighted by Gasteiger charge is 2.57. The van der Waals surface area contributed by atoms with E-state index in [-0.39, 0.29) is 11.6 Å². The Hall–Kier alpha value is -3.07. The minimum atomic E-state index is 0.000910. The lowest BCUT2D eigenvalue weighted by Crippen LogP contribution is -2.50. The van der Waals surface area contributed by atoms with Crippen molar-refractivity contribution in [3.63, 3.8) is 0 Å². The first-order chi connectivity index (χ1) is 13.6. The van der Waals surface area contributed by atoms with Crippen LogP contribution < -0.4 is 9.91 Å². The number of anilines is 2. The van der Waals surface area contributed by atoms with Crippen LogP contribution in [0.25, 0.3) is 11.1 Å². The lowest BCUT2D eigenvalue weighted by molar-refractivity contribution is 0.386. The van der Waals surface area contributed by atoms with E-state index in [2.05, 4.69) is 97.4 Å². The molecule has 0 fully saturated rings. The largest absolute Gasteiger partial charge is 0.300 e. The maximum absolute atomic E-state index is 5.23. The van der Waals surface area contributed by atoms with Gasteiger partial charge in [-0.2, -0.15) is 5.10 Å². The summed E-state index contributed by atoms with van der Waals surface area (Å²) in [4.78, 5) is 2.50. The number of para-hydroxylation sites is 2. The molecule has 0 spiro atoms. The van der Waals surface area contributed by atoms with Crippen LogP contribution in [0.3, 0.4) is 0 Å². The Morgan fingerprint density at radius 1 is 0.893 bits per heavy atom. The van der Waals surface area contributed by atoms with E-state index in [1.807, 2.05) is 0 Å². The van der Waals surface area contributed by atoms with Gasteiger partial charge < -0.3 is 0 Å². The van der Waals surface area contributed by atoms with E-state index in [1.165, 1.54) is 39.2 Å². The summed E-state index contributed by atoms with van der Waals surface area (Å²) in [7, 11) is 0. The van der Waals surface area contributed by atoms with E-state index in [9.17, 15) is 0 Å². The van der Waals surface area contributed by atoms with Crippen LogP contribution in [-0.4, -0.2) is 12.0 Å². The van der Waals surface area contributed by atoms with Crippen molar-refractivity contribution in [2.45, 2.75) is 38.8 Å². The second-order valence-corrected chi connectivity index (χ2v) is 8.32. The minimum Gasteiger partial charge on any atom is -0.300 e. The van der Waals surface area contributed by atoms with Crippen molar-refractivity contribution in [2.24, 2.45) is 5.10 Å².